The molecule has 0 bridgehead atoms. The lowest BCUT2D eigenvalue weighted by molar-refractivity contribution is 0.273. The molecule has 1 aromatic carbocycles. The number of nitrogens with zero attached hydrogens (tertiary/aromatic N) is 2. The van der Waals surface area contributed by atoms with Gasteiger partial charge in [0.05, 0.1) is 0 Å². The molecule has 0 saturated heterocycles. The number of hydrogen-bond acceptors (Lipinski definition) is 5. The molecule has 96 valence electrons. The monoisotopic (exact) mass is 251 g/mol. The number of hydrogen-bond donors (Lipinski definition) is 1. The van der Waals surface area contributed by atoms with Gasteiger partial charge in [-0.15, -0.1) is 0 Å². The summed E-state index contributed by atoms with van der Waals surface area (Å²) in [5.41, 5.74) is 6.50. The summed E-state index contributed by atoms with van der Waals surface area (Å²) in [6.45, 7) is 1.94. The van der Waals surface area contributed by atoms with E-state index >= 15 is 0 Å². The van der Waals surface area contributed by atoms with Crippen LogP contribution in [0.2, 0.25) is 0 Å². The minimum Gasteiger partial charge on any atom is -0.482 e. The maximum Gasteiger partial charge on any atom is 0.213 e. The van der Waals surface area contributed by atoms with Crippen LogP contribution in [0.15, 0.2) is 29.1 Å². The third-order valence-corrected chi connectivity index (χ3v) is 2.32. The highest BCUT2D eigenvalue weighted by Gasteiger charge is 2.07. The molecule has 0 saturated carbocycles. The van der Waals surface area contributed by atoms with Crippen molar-refractivity contribution >= 4 is 0 Å². The topological polar surface area (TPSA) is 74.2 Å². The summed E-state index contributed by atoms with van der Waals surface area (Å²) >= 11 is 0. The molecule has 0 fully saturated rings. The maximum atomic E-state index is 13.7. The molecule has 1 unspecified atom stereocenters. The van der Waals surface area contributed by atoms with Gasteiger partial charge in [-0.1, -0.05) is 11.2 Å². The highest BCUT2D eigenvalue weighted by Crippen LogP contribution is 2.19. The Hall–Kier alpha value is -1.95. The number of halogens is 1. The van der Waals surface area contributed by atoms with E-state index in [1.807, 2.05) is 6.92 Å². The van der Waals surface area contributed by atoms with E-state index < -0.39 is 5.82 Å². The summed E-state index contributed by atoms with van der Waals surface area (Å²) < 4.78 is 23.5. The fourth-order valence-electron chi connectivity index (χ4n) is 1.56. The molecule has 18 heavy (non-hydrogen) atoms. The lowest BCUT2D eigenvalue weighted by atomic mass is 10.1. The molecule has 0 aliphatic heterocycles. The molecule has 1 heterocycles. The standard InChI is InChI=1S/C12H14FN3O2/c1-8(14)4-9-2-3-11(10(13)5-9)17-6-12-15-7-18-16-12/h2-3,5,7-8H,4,6,14H2,1H3. The number of benzene rings is 1. The molecule has 0 spiro atoms. The zero-order chi connectivity index (χ0) is 13.0. The molecule has 0 aliphatic rings. The second-order valence-corrected chi connectivity index (χ2v) is 4.08. The van der Waals surface area contributed by atoms with E-state index in [1.165, 1.54) is 12.5 Å². The Labute approximate surface area is 104 Å². The minimum absolute atomic E-state index is 0.00417. The molecule has 5 nitrogen and oxygen atoms in total. The van der Waals surface area contributed by atoms with Gasteiger partial charge < -0.3 is 15.0 Å². The van der Waals surface area contributed by atoms with Crippen molar-refractivity contribution in [1.82, 2.24) is 10.1 Å². The minimum atomic E-state index is -0.420. The summed E-state index contributed by atoms with van der Waals surface area (Å²) in [4.78, 5) is 3.78. The summed E-state index contributed by atoms with van der Waals surface area (Å²) in [6.07, 6.45) is 1.82. The summed E-state index contributed by atoms with van der Waals surface area (Å²) in [5.74, 6) is 0.110. The fourth-order valence-corrected chi connectivity index (χ4v) is 1.56. The van der Waals surface area contributed by atoms with Crippen molar-refractivity contribution in [2.75, 3.05) is 0 Å². The van der Waals surface area contributed by atoms with Crippen molar-refractivity contribution in [1.29, 1.82) is 0 Å². The summed E-state index contributed by atoms with van der Waals surface area (Å²) in [6, 6.07) is 4.79. The van der Waals surface area contributed by atoms with E-state index in [0.717, 1.165) is 5.56 Å². The molecule has 0 radical (unpaired) electrons. The predicted molar refractivity (Wildman–Crippen MR) is 62.4 cm³/mol. The van der Waals surface area contributed by atoms with Crippen LogP contribution in [-0.2, 0) is 13.0 Å². The van der Waals surface area contributed by atoms with E-state index in [9.17, 15) is 4.39 Å². The smallest absolute Gasteiger partial charge is 0.213 e. The van der Waals surface area contributed by atoms with Crippen LogP contribution in [0.25, 0.3) is 0 Å². The molecular weight excluding hydrogens is 237 g/mol. The van der Waals surface area contributed by atoms with Crippen LogP contribution < -0.4 is 10.5 Å². The second kappa shape index (κ2) is 5.59. The zero-order valence-corrected chi connectivity index (χ0v) is 9.97. The SMILES string of the molecule is CC(N)Cc1ccc(OCc2ncon2)c(F)c1. The van der Waals surface area contributed by atoms with Gasteiger partial charge in [-0.05, 0) is 31.0 Å². The van der Waals surface area contributed by atoms with E-state index in [4.69, 9.17) is 10.5 Å². The van der Waals surface area contributed by atoms with Crippen LogP contribution in [0.4, 0.5) is 4.39 Å². The molecule has 2 N–H and O–H groups in total. The first-order chi connectivity index (χ1) is 8.65. The van der Waals surface area contributed by atoms with Gasteiger partial charge in [0.15, 0.2) is 18.2 Å². The van der Waals surface area contributed by atoms with Crippen molar-refractivity contribution in [3.63, 3.8) is 0 Å². The van der Waals surface area contributed by atoms with Crippen molar-refractivity contribution in [3.05, 3.63) is 41.8 Å². The molecule has 0 aliphatic carbocycles. The van der Waals surface area contributed by atoms with Crippen molar-refractivity contribution in [2.45, 2.75) is 26.0 Å². The van der Waals surface area contributed by atoms with Gasteiger partial charge in [0.1, 0.15) is 0 Å². The maximum absolute atomic E-state index is 13.7. The molecule has 0 amide bonds. The summed E-state index contributed by atoms with van der Waals surface area (Å²) in [7, 11) is 0. The van der Waals surface area contributed by atoms with Gasteiger partial charge in [-0.25, -0.2) is 4.39 Å². The van der Waals surface area contributed by atoms with E-state index in [-0.39, 0.29) is 18.4 Å². The highest BCUT2D eigenvalue weighted by atomic mass is 19.1. The Morgan fingerprint density at radius 3 is 2.94 bits per heavy atom. The van der Waals surface area contributed by atoms with Gasteiger partial charge in [-0.3, -0.25) is 0 Å². The van der Waals surface area contributed by atoms with Crippen LogP contribution in [-0.4, -0.2) is 16.2 Å². The Morgan fingerprint density at radius 1 is 1.50 bits per heavy atom. The lowest BCUT2D eigenvalue weighted by Crippen LogP contribution is -2.17. The third-order valence-electron chi connectivity index (χ3n) is 2.32. The van der Waals surface area contributed by atoms with Crippen LogP contribution in [0.5, 0.6) is 5.75 Å². The Kier molecular flexibility index (Phi) is 3.88. The Balaban J connectivity index is 2.01. The number of nitrogens with two attached hydrogens (primary N) is 1. The third kappa shape index (κ3) is 3.27. The number of ether oxygens (including phenoxy) is 1. The van der Waals surface area contributed by atoms with Crippen LogP contribution in [0, 0.1) is 5.82 Å². The zero-order valence-electron chi connectivity index (χ0n) is 9.97. The molecule has 2 aromatic rings. The molecule has 1 atom stereocenters. The molecule has 1 aromatic heterocycles. The normalized spacial score (nSPS) is 12.4. The quantitative estimate of drug-likeness (QED) is 0.875. The lowest BCUT2D eigenvalue weighted by Gasteiger charge is -2.08. The first-order valence-corrected chi connectivity index (χ1v) is 5.57. The summed E-state index contributed by atoms with van der Waals surface area (Å²) in [5, 5.41) is 3.57. The van der Waals surface area contributed by atoms with E-state index in [2.05, 4.69) is 14.7 Å². The van der Waals surface area contributed by atoms with Gasteiger partial charge in [0.25, 0.3) is 0 Å². The average Bonchev–Trinajstić information content (AvgIpc) is 2.80. The number of aromatic nitrogens is 2. The van der Waals surface area contributed by atoms with Gasteiger partial charge in [-0.2, -0.15) is 4.98 Å². The van der Waals surface area contributed by atoms with Gasteiger partial charge in [0, 0.05) is 6.04 Å². The second-order valence-electron chi connectivity index (χ2n) is 4.08. The van der Waals surface area contributed by atoms with Crippen molar-refractivity contribution in [3.8, 4) is 5.75 Å². The van der Waals surface area contributed by atoms with Crippen LogP contribution in [0.3, 0.4) is 0 Å². The largest absolute Gasteiger partial charge is 0.482 e. The van der Waals surface area contributed by atoms with Gasteiger partial charge >= 0.3 is 0 Å². The Morgan fingerprint density at radius 2 is 2.33 bits per heavy atom. The highest BCUT2D eigenvalue weighted by molar-refractivity contribution is 5.29. The Bertz CT molecular complexity index is 500. The van der Waals surface area contributed by atoms with Crippen LogP contribution >= 0.6 is 0 Å². The molecular formula is C12H14FN3O2. The molecule has 2 rings (SSSR count). The van der Waals surface area contributed by atoms with E-state index in [1.54, 1.807) is 12.1 Å². The number of rotatable bonds is 5. The predicted octanol–water partition coefficient (Wildman–Crippen LogP) is 1.68. The van der Waals surface area contributed by atoms with Crippen molar-refractivity contribution < 1.29 is 13.7 Å². The first kappa shape index (κ1) is 12.5. The van der Waals surface area contributed by atoms with Crippen molar-refractivity contribution in [2.24, 2.45) is 5.73 Å². The van der Waals surface area contributed by atoms with E-state index in [0.29, 0.717) is 12.2 Å². The van der Waals surface area contributed by atoms with Gasteiger partial charge in [0.2, 0.25) is 12.2 Å². The fraction of sp³-hybridized carbons (Fsp3) is 0.333. The molecule has 6 heteroatoms. The average molecular weight is 251 g/mol. The van der Waals surface area contributed by atoms with Crippen LogP contribution in [0.1, 0.15) is 18.3 Å². The first-order valence-electron chi connectivity index (χ1n) is 5.57.